The third-order valence-corrected chi connectivity index (χ3v) is 6.88. The van der Waals surface area contributed by atoms with Gasteiger partial charge in [-0.2, -0.15) is 10.4 Å². The van der Waals surface area contributed by atoms with Crippen LogP contribution in [-0.4, -0.2) is 19.7 Å². The molecule has 0 amide bonds. The molecule has 1 N–H and O–H groups in total. The highest BCUT2D eigenvalue weighted by atomic mass is 35.5. The van der Waals surface area contributed by atoms with Crippen LogP contribution >= 0.6 is 11.6 Å². The van der Waals surface area contributed by atoms with E-state index in [2.05, 4.69) is 16.0 Å². The molecule has 0 aliphatic rings. The van der Waals surface area contributed by atoms with Crippen LogP contribution in [0.2, 0.25) is 5.02 Å². The van der Waals surface area contributed by atoms with Crippen molar-refractivity contribution in [1.29, 1.82) is 5.26 Å². The Morgan fingerprint density at radius 3 is 2.59 bits per heavy atom. The zero-order valence-corrected chi connectivity index (χ0v) is 22.4. The van der Waals surface area contributed by atoms with Crippen molar-refractivity contribution >= 4 is 34.2 Å². The van der Waals surface area contributed by atoms with Crippen molar-refractivity contribution in [3.63, 3.8) is 0 Å². The Morgan fingerprint density at radius 2 is 1.76 bits per heavy atom. The van der Waals surface area contributed by atoms with E-state index in [0.717, 1.165) is 16.8 Å². The molecule has 0 saturated carbocycles. The fourth-order valence-corrected chi connectivity index (χ4v) is 4.65. The first-order chi connectivity index (χ1) is 20.1. The third-order valence-electron chi connectivity index (χ3n) is 6.51. The van der Waals surface area contributed by atoms with Gasteiger partial charge < -0.3 is 9.72 Å². The van der Waals surface area contributed by atoms with E-state index in [1.54, 1.807) is 35.0 Å². The molecular weight excluding hydrogens is 534 g/mol. The maximum Gasteiger partial charge on any atom is 0.259 e. The fraction of sp³-hybridized carbons (Fsp3) is 0.0303. The Bertz CT molecular complexity index is 2000. The summed E-state index contributed by atoms with van der Waals surface area (Å²) in [5, 5.41) is 16.1. The van der Waals surface area contributed by atoms with E-state index in [4.69, 9.17) is 21.4 Å². The second-order valence-corrected chi connectivity index (χ2v) is 9.63. The van der Waals surface area contributed by atoms with E-state index in [0.29, 0.717) is 39.5 Å². The van der Waals surface area contributed by atoms with E-state index in [-0.39, 0.29) is 17.0 Å². The van der Waals surface area contributed by atoms with Gasteiger partial charge in [0.25, 0.3) is 5.56 Å². The van der Waals surface area contributed by atoms with Crippen molar-refractivity contribution in [2.24, 2.45) is 0 Å². The summed E-state index contributed by atoms with van der Waals surface area (Å²) in [5.74, 6) is 0.832. The van der Waals surface area contributed by atoms with Crippen LogP contribution in [0.15, 0.2) is 114 Å². The summed E-state index contributed by atoms with van der Waals surface area (Å²) < 4.78 is 7.81. The van der Waals surface area contributed by atoms with Crippen LogP contribution in [0, 0.1) is 11.3 Å². The molecule has 4 aromatic carbocycles. The van der Waals surface area contributed by atoms with Crippen molar-refractivity contribution < 1.29 is 4.74 Å². The van der Waals surface area contributed by atoms with Crippen molar-refractivity contribution in [3.05, 3.63) is 142 Å². The number of halogens is 1. The molecular formula is C33H22ClN5O2. The molecule has 198 valence electrons. The number of para-hydroxylation sites is 2. The number of nitriles is 1. The molecule has 0 saturated heterocycles. The number of H-pyrrole nitrogens is 1. The van der Waals surface area contributed by atoms with Crippen molar-refractivity contribution in [1.82, 2.24) is 19.7 Å². The van der Waals surface area contributed by atoms with Gasteiger partial charge >= 0.3 is 0 Å². The number of ether oxygens (including phenoxy) is 1. The van der Waals surface area contributed by atoms with Crippen molar-refractivity contribution in [2.45, 2.75) is 6.61 Å². The molecule has 6 aromatic rings. The third kappa shape index (κ3) is 5.50. The van der Waals surface area contributed by atoms with Crippen LogP contribution < -0.4 is 10.3 Å². The Morgan fingerprint density at radius 1 is 0.976 bits per heavy atom. The zero-order valence-electron chi connectivity index (χ0n) is 21.7. The standard InChI is InChI=1S/C33H22ClN5O2/c34-29-15-6-4-9-23(29)21-41-27-13-8-10-22(18-27)31-25(20-39(38-31)26-11-2-1-3-12-26)17-24(19-35)32-36-30-16-7-5-14-28(30)33(40)37-32/h1-18,20H,21H2,(H,36,37,40). The average molecular weight is 556 g/mol. The largest absolute Gasteiger partial charge is 0.489 e. The van der Waals surface area contributed by atoms with Gasteiger partial charge in [-0.05, 0) is 48.5 Å². The molecule has 0 aliphatic carbocycles. The van der Waals surface area contributed by atoms with E-state index in [9.17, 15) is 10.1 Å². The summed E-state index contributed by atoms with van der Waals surface area (Å²) in [6.45, 7) is 0.313. The molecule has 0 spiro atoms. The van der Waals surface area contributed by atoms with Crippen molar-refractivity contribution in [2.75, 3.05) is 0 Å². The lowest BCUT2D eigenvalue weighted by molar-refractivity contribution is 0.306. The Labute approximate surface area is 240 Å². The molecule has 0 atom stereocenters. The monoisotopic (exact) mass is 555 g/mol. The first kappa shape index (κ1) is 25.8. The van der Waals surface area contributed by atoms with Crippen molar-refractivity contribution in [3.8, 4) is 28.8 Å². The van der Waals surface area contributed by atoms with Gasteiger partial charge in [0.05, 0.1) is 22.2 Å². The first-order valence-corrected chi connectivity index (χ1v) is 13.2. The number of allylic oxidation sites excluding steroid dienone is 1. The number of hydrogen-bond acceptors (Lipinski definition) is 5. The van der Waals surface area contributed by atoms with Crippen LogP contribution in [-0.2, 0) is 6.61 Å². The lowest BCUT2D eigenvalue weighted by atomic mass is 10.1. The topological polar surface area (TPSA) is 96.6 Å². The molecule has 2 heterocycles. The number of nitrogens with zero attached hydrogens (tertiary/aromatic N) is 4. The zero-order chi connectivity index (χ0) is 28.2. The van der Waals surface area contributed by atoms with Gasteiger partial charge in [0.15, 0.2) is 5.82 Å². The molecule has 8 heteroatoms. The van der Waals surface area contributed by atoms with Crippen LogP contribution in [0.5, 0.6) is 5.75 Å². The molecule has 0 fully saturated rings. The SMILES string of the molecule is N#CC(=Cc1cn(-c2ccccc2)nc1-c1cccc(OCc2ccccc2Cl)c1)c1nc2ccccc2c(=O)[nH]1. The number of hydrogen-bond donors (Lipinski definition) is 1. The Hall–Kier alpha value is -5.45. The summed E-state index contributed by atoms with van der Waals surface area (Å²) >= 11 is 6.30. The lowest BCUT2D eigenvalue weighted by Crippen LogP contribution is -2.11. The number of benzene rings is 4. The van der Waals surface area contributed by atoms with Crippen LogP contribution in [0.4, 0.5) is 0 Å². The van der Waals surface area contributed by atoms with E-state index < -0.39 is 0 Å². The molecule has 7 nitrogen and oxygen atoms in total. The van der Waals surface area contributed by atoms with Gasteiger partial charge in [-0.1, -0.05) is 72.3 Å². The summed E-state index contributed by atoms with van der Waals surface area (Å²) in [4.78, 5) is 20.0. The fourth-order valence-electron chi connectivity index (χ4n) is 4.46. The van der Waals surface area contributed by atoms with Crippen LogP contribution in [0.3, 0.4) is 0 Å². The molecule has 2 aromatic heterocycles. The summed E-state index contributed by atoms with van der Waals surface area (Å²) in [6.07, 6.45) is 3.53. The van der Waals surface area contributed by atoms with Gasteiger partial charge in [-0.3, -0.25) is 4.79 Å². The van der Waals surface area contributed by atoms with Gasteiger partial charge in [0.2, 0.25) is 0 Å². The normalized spacial score (nSPS) is 11.4. The van der Waals surface area contributed by atoms with Crippen LogP contribution in [0.1, 0.15) is 17.0 Å². The maximum absolute atomic E-state index is 12.7. The number of aromatic nitrogens is 4. The number of fused-ring (bicyclic) bond motifs is 1. The van der Waals surface area contributed by atoms with Gasteiger partial charge in [0, 0.05) is 27.9 Å². The van der Waals surface area contributed by atoms with Gasteiger partial charge in [-0.25, -0.2) is 9.67 Å². The molecule has 0 aliphatic heterocycles. The minimum atomic E-state index is -0.310. The molecule has 0 unspecified atom stereocenters. The number of rotatable bonds is 7. The molecule has 6 rings (SSSR count). The summed E-state index contributed by atoms with van der Waals surface area (Å²) in [5.41, 5.74) is 4.23. The Kier molecular flexibility index (Phi) is 7.14. The minimum Gasteiger partial charge on any atom is -0.489 e. The second-order valence-electron chi connectivity index (χ2n) is 9.22. The van der Waals surface area contributed by atoms with E-state index >= 15 is 0 Å². The molecule has 41 heavy (non-hydrogen) atoms. The summed E-state index contributed by atoms with van der Waals surface area (Å²) in [7, 11) is 0. The number of nitrogens with one attached hydrogen (secondary N) is 1. The average Bonchev–Trinajstić information content (AvgIpc) is 3.44. The minimum absolute atomic E-state index is 0.187. The van der Waals surface area contributed by atoms with Gasteiger partial charge in [-0.15, -0.1) is 0 Å². The highest BCUT2D eigenvalue weighted by molar-refractivity contribution is 6.31. The quantitative estimate of drug-likeness (QED) is 0.212. The predicted octanol–water partition coefficient (Wildman–Crippen LogP) is 7.07. The predicted molar refractivity (Wildman–Crippen MR) is 161 cm³/mol. The Balaban J connectivity index is 1.42. The maximum atomic E-state index is 12.7. The lowest BCUT2D eigenvalue weighted by Gasteiger charge is -2.09. The molecule has 0 bridgehead atoms. The summed E-state index contributed by atoms with van der Waals surface area (Å²) in [6, 6.07) is 34.0. The number of aromatic amines is 1. The van der Waals surface area contributed by atoms with E-state index in [1.807, 2.05) is 85.1 Å². The highest BCUT2D eigenvalue weighted by Gasteiger charge is 2.15. The molecule has 0 radical (unpaired) electrons. The first-order valence-electron chi connectivity index (χ1n) is 12.8. The van der Waals surface area contributed by atoms with E-state index in [1.165, 1.54) is 0 Å². The highest BCUT2D eigenvalue weighted by Crippen LogP contribution is 2.30. The smallest absolute Gasteiger partial charge is 0.259 e. The van der Waals surface area contributed by atoms with Gasteiger partial charge in [0.1, 0.15) is 24.1 Å². The second kappa shape index (κ2) is 11.3. The van der Waals surface area contributed by atoms with Crippen LogP contribution in [0.25, 0.3) is 39.5 Å².